The van der Waals surface area contributed by atoms with Crippen LogP contribution in [0.15, 0.2) is 47.8 Å². The molecule has 0 aliphatic carbocycles. The molecular formula is C16H21NOS. The second kappa shape index (κ2) is 7.43. The number of thiophene rings is 1. The number of aryl methyl sites for hydroxylation is 1. The predicted molar refractivity (Wildman–Crippen MR) is 81.5 cm³/mol. The van der Waals surface area contributed by atoms with E-state index in [1.54, 1.807) is 11.3 Å². The first-order valence-electron chi connectivity index (χ1n) is 6.74. The Morgan fingerprint density at radius 2 is 1.95 bits per heavy atom. The Balaban J connectivity index is 1.69. The maximum absolute atomic E-state index is 9.99. The minimum absolute atomic E-state index is 0.390. The summed E-state index contributed by atoms with van der Waals surface area (Å²) in [5, 5.41) is 15.4. The molecule has 0 saturated heterocycles. The third-order valence-corrected chi connectivity index (χ3v) is 4.21. The highest BCUT2D eigenvalue weighted by Gasteiger charge is 2.10. The fourth-order valence-electron chi connectivity index (χ4n) is 2.02. The second-order valence-corrected chi connectivity index (χ2v) is 5.84. The fourth-order valence-corrected chi connectivity index (χ4v) is 2.74. The first kappa shape index (κ1) is 14.3. The van der Waals surface area contributed by atoms with Crippen molar-refractivity contribution >= 4 is 11.3 Å². The maximum Gasteiger partial charge on any atom is 0.101 e. The molecular weight excluding hydrogens is 254 g/mol. The van der Waals surface area contributed by atoms with Crippen LogP contribution in [0.2, 0.25) is 0 Å². The minimum Gasteiger partial charge on any atom is -0.386 e. The van der Waals surface area contributed by atoms with E-state index in [1.165, 1.54) is 5.56 Å². The molecule has 0 amide bonds. The molecule has 0 saturated carbocycles. The van der Waals surface area contributed by atoms with Crippen LogP contribution in [0, 0.1) is 0 Å². The molecule has 1 aromatic carbocycles. The van der Waals surface area contributed by atoms with Gasteiger partial charge in [0.2, 0.25) is 0 Å². The van der Waals surface area contributed by atoms with E-state index in [0.29, 0.717) is 12.6 Å². The zero-order chi connectivity index (χ0) is 13.5. The number of hydrogen-bond acceptors (Lipinski definition) is 3. The zero-order valence-electron chi connectivity index (χ0n) is 11.3. The number of benzene rings is 1. The van der Waals surface area contributed by atoms with Gasteiger partial charge in [-0.05, 0) is 36.8 Å². The van der Waals surface area contributed by atoms with E-state index >= 15 is 0 Å². The van der Waals surface area contributed by atoms with Gasteiger partial charge in [0.05, 0.1) is 0 Å². The van der Waals surface area contributed by atoms with E-state index in [4.69, 9.17) is 0 Å². The van der Waals surface area contributed by atoms with Crippen molar-refractivity contribution in [3.05, 3.63) is 58.3 Å². The number of aliphatic hydroxyl groups excluding tert-OH is 1. The van der Waals surface area contributed by atoms with E-state index in [0.717, 1.165) is 17.7 Å². The molecule has 0 aliphatic rings. The molecule has 0 bridgehead atoms. The Hall–Kier alpha value is -1.16. The summed E-state index contributed by atoms with van der Waals surface area (Å²) in [6, 6.07) is 14.9. The van der Waals surface area contributed by atoms with Crippen molar-refractivity contribution in [2.75, 3.05) is 6.54 Å². The Labute approximate surface area is 119 Å². The molecule has 2 rings (SSSR count). The molecule has 2 atom stereocenters. The Morgan fingerprint density at radius 1 is 1.16 bits per heavy atom. The van der Waals surface area contributed by atoms with Crippen LogP contribution in [0.1, 0.15) is 29.9 Å². The summed E-state index contributed by atoms with van der Waals surface area (Å²) in [5.74, 6) is 0. The monoisotopic (exact) mass is 275 g/mol. The van der Waals surface area contributed by atoms with Gasteiger partial charge in [-0.25, -0.2) is 0 Å². The summed E-state index contributed by atoms with van der Waals surface area (Å²) in [6.07, 6.45) is 1.77. The van der Waals surface area contributed by atoms with Gasteiger partial charge in [-0.3, -0.25) is 0 Å². The van der Waals surface area contributed by atoms with Crippen LogP contribution in [0.5, 0.6) is 0 Å². The summed E-state index contributed by atoms with van der Waals surface area (Å²) >= 11 is 1.60. The zero-order valence-corrected chi connectivity index (χ0v) is 12.1. The van der Waals surface area contributed by atoms with Crippen LogP contribution < -0.4 is 5.32 Å². The van der Waals surface area contributed by atoms with Crippen LogP contribution in [0.25, 0.3) is 0 Å². The second-order valence-electron chi connectivity index (χ2n) is 4.86. The number of hydrogen-bond donors (Lipinski definition) is 2. The van der Waals surface area contributed by atoms with Crippen LogP contribution >= 0.6 is 11.3 Å². The molecule has 2 nitrogen and oxygen atoms in total. The first-order valence-corrected chi connectivity index (χ1v) is 7.62. The Morgan fingerprint density at radius 3 is 2.63 bits per heavy atom. The van der Waals surface area contributed by atoms with Crippen molar-refractivity contribution in [1.29, 1.82) is 0 Å². The molecule has 0 radical (unpaired) electrons. The van der Waals surface area contributed by atoms with Crippen LogP contribution in [-0.2, 0) is 6.42 Å². The Kier molecular flexibility index (Phi) is 5.58. The average molecular weight is 275 g/mol. The summed E-state index contributed by atoms with van der Waals surface area (Å²) in [6.45, 7) is 2.79. The van der Waals surface area contributed by atoms with Crippen molar-refractivity contribution in [2.24, 2.45) is 0 Å². The molecule has 1 aromatic heterocycles. The normalized spacial score (nSPS) is 14.2. The smallest absolute Gasteiger partial charge is 0.101 e. The van der Waals surface area contributed by atoms with Crippen molar-refractivity contribution in [3.8, 4) is 0 Å². The van der Waals surface area contributed by atoms with Gasteiger partial charge in [0, 0.05) is 17.5 Å². The molecule has 2 N–H and O–H groups in total. The van der Waals surface area contributed by atoms with Crippen molar-refractivity contribution in [3.63, 3.8) is 0 Å². The number of rotatable bonds is 7. The van der Waals surface area contributed by atoms with E-state index in [2.05, 4.69) is 36.5 Å². The van der Waals surface area contributed by atoms with E-state index < -0.39 is 0 Å². The van der Waals surface area contributed by atoms with Gasteiger partial charge in [0.25, 0.3) is 0 Å². The molecule has 3 heteroatoms. The van der Waals surface area contributed by atoms with Gasteiger partial charge in [-0.2, -0.15) is 0 Å². The molecule has 1 heterocycles. The molecule has 0 fully saturated rings. The topological polar surface area (TPSA) is 32.3 Å². The van der Waals surface area contributed by atoms with Gasteiger partial charge in [-0.15, -0.1) is 11.3 Å². The summed E-state index contributed by atoms with van der Waals surface area (Å²) in [5.41, 5.74) is 1.37. The van der Waals surface area contributed by atoms with Gasteiger partial charge in [0.1, 0.15) is 6.10 Å². The lowest BCUT2D eigenvalue weighted by atomic mass is 10.1. The van der Waals surface area contributed by atoms with Gasteiger partial charge in [0.15, 0.2) is 0 Å². The molecule has 0 spiro atoms. The lowest BCUT2D eigenvalue weighted by Crippen LogP contribution is -2.30. The van der Waals surface area contributed by atoms with Gasteiger partial charge in [-0.1, -0.05) is 36.4 Å². The van der Waals surface area contributed by atoms with Crippen LogP contribution in [0.4, 0.5) is 0 Å². The van der Waals surface area contributed by atoms with E-state index in [1.807, 2.05) is 23.6 Å². The summed E-state index contributed by atoms with van der Waals surface area (Å²) in [4.78, 5) is 1.03. The van der Waals surface area contributed by atoms with Gasteiger partial charge >= 0.3 is 0 Å². The summed E-state index contributed by atoms with van der Waals surface area (Å²) in [7, 11) is 0. The van der Waals surface area contributed by atoms with Crippen LogP contribution in [-0.4, -0.2) is 17.7 Å². The maximum atomic E-state index is 9.99. The van der Waals surface area contributed by atoms with Crippen LogP contribution in [0.3, 0.4) is 0 Å². The quantitative estimate of drug-likeness (QED) is 0.812. The molecule has 0 aliphatic heterocycles. The highest BCUT2D eigenvalue weighted by Crippen LogP contribution is 2.18. The largest absolute Gasteiger partial charge is 0.386 e. The number of nitrogens with one attached hydrogen (secondary N) is 1. The summed E-state index contributed by atoms with van der Waals surface area (Å²) < 4.78 is 0. The lowest BCUT2D eigenvalue weighted by molar-refractivity contribution is 0.173. The first-order chi connectivity index (χ1) is 9.25. The van der Waals surface area contributed by atoms with E-state index in [9.17, 15) is 5.11 Å². The molecule has 19 heavy (non-hydrogen) atoms. The Bertz CT molecular complexity index is 455. The van der Waals surface area contributed by atoms with Crippen molar-refractivity contribution < 1.29 is 5.11 Å². The fraction of sp³-hybridized carbons (Fsp3) is 0.375. The third kappa shape index (κ3) is 4.78. The van der Waals surface area contributed by atoms with Crippen molar-refractivity contribution in [1.82, 2.24) is 5.32 Å². The standard InChI is InChI=1S/C16H21NOS/c1-13(9-10-14-6-3-2-4-7-14)17-12-15(18)16-8-5-11-19-16/h2-8,11,13,15,17-18H,9-10,12H2,1H3. The van der Waals surface area contributed by atoms with E-state index in [-0.39, 0.29) is 6.10 Å². The SMILES string of the molecule is CC(CCc1ccccc1)NCC(O)c1cccs1. The average Bonchev–Trinajstić information content (AvgIpc) is 2.98. The molecule has 102 valence electrons. The van der Waals surface area contributed by atoms with Gasteiger partial charge < -0.3 is 10.4 Å². The minimum atomic E-state index is -0.390. The predicted octanol–water partition coefficient (Wildman–Crippen LogP) is 3.39. The lowest BCUT2D eigenvalue weighted by Gasteiger charge is -2.16. The molecule has 2 unspecified atom stereocenters. The highest BCUT2D eigenvalue weighted by atomic mass is 32.1. The molecule has 2 aromatic rings. The highest BCUT2D eigenvalue weighted by molar-refractivity contribution is 7.10. The number of aliphatic hydroxyl groups is 1. The third-order valence-electron chi connectivity index (χ3n) is 3.24. The van der Waals surface area contributed by atoms with Crippen molar-refractivity contribution in [2.45, 2.75) is 31.9 Å².